The second kappa shape index (κ2) is 8.68. The number of carbonyl (C=O) groups excluding carboxylic acids is 4. The van der Waals surface area contributed by atoms with Gasteiger partial charge in [-0.3, -0.25) is 19.2 Å². The summed E-state index contributed by atoms with van der Waals surface area (Å²) in [6.07, 6.45) is 0.0568. The Bertz CT molecular complexity index is 952. The first kappa shape index (κ1) is 20.3. The van der Waals surface area contributed by atoms with Crippen molar-refractivity contribution in [2.75, 3.05) is 23.4 Å². The molecule has 3 rings (SSSR count). The average Bonchev–Trinajstić information content (AvgIpc) is 3.08. The van der Waals surface area contributed by atoms with Gasteiger partial charge in [-0.15, -0.1) is 0 Å². The average molecular weight is 394 g/mol. The zero-order valence-corrected chi connectivity index (χ0v) is 16.3. The van der Waals surface area contributed by atoms with Crippen molar-refractivity contribution in [2.24, 2.45) is 5.92 Å². The van der Waals surface area contributed by atoms with Crippen LogP contribution < -0.4 is 10.2 Å². The molecule has 29 heavy (non-hydrogen) atoms. The van der Waals surface area contributed by atoms with E-state index in [0.29, 0.717) is 11.3 Å². The molecule has 1 N–H and O–H groups in total. The highest BCUT2D eigenvalue weighted by Gasteiger charge is 2.36. The van der Waals surface area contributed by atoms with Crippen LogP contribution in [0.3, 0.4) is 0 Å². The van der Waals surface area contributed by atoms with Gasteiger partial charge in [0.2, 0.25) is 5.91 Å². The summed E-state index contributed by atoms with van der Waals surface area (Å²) in [5.41, 5.74) is 2.76. The van der Waals surface area contributed by atoms with Crippen molar-refractivity contribution in [2.45, 2.75) is 20.3 Å². The molecule has 1 heterocycles. The molecule has 7 heteroatoms. The van der Waals surface area contributed by atoms with Crippen LogP contribution in [0.5, 0.6) is 0 Å². The van der Waals surface area contributed by atoms with Crippen molar-refractivity contribution < 1.29 is 23.9 Å². The van der Waals surface area contributed by atoms with E-state index in [9.17, 15) is 19.2 Å². The Morgan fingerprint density at radius 3 is 2.45 bits per heavy atom. The van der Waals surface area contributed by atoms with E-state index in [0.717, 1.165) is 11.3 Å². The van der Waals surface area contributed by atoms with Gasteiger partial charge in [0.1, 0.15) is 0 Å². The molecular formula is C22H22N2O5. The Morgan fingerprint density at radius 1 is 1.10 bits per heavy atom. The fourth-order valence-corrected chi connectivity index (χ4v) is 3.20. The zero-order chi connectivity index (χ0) is 21.0. The molecule has 2 aromatic rings. The molecule has 0 aliphatic carbocycles. The van der Waals surface area contributed by atoms with E-state index >= 15 is 0 Å². The summed E-state index contributed by atoms with van der Waals surface area (Å²) in [6.45, 7) is 3.15. The molecule has 7 nitrogen and oxygen atoms in total. The van der Waals surface area contributed by atoms with E-state index in [1.54, 1.807) is 29.2 Å². The zero-order valence-electron chi connectivity index (χ0n) is 16.3. The quantitative estimate of drug-likeness (QED) is 0.601. The molecule has 0 spiro atoms. The van der Waals surface area contributed by atoms with Crippen molar-refractivity contribution in [1.82, 2.24) is 0 Å². The first-order valence-corrected chi connectivity index (χ1v) is 9.28. The smallest absolute Gasteiger partial charge is 0.311 e. The lowest BCUT2D eigenvalue weighted by Crippen LogP contribution is -2.28. The molecule has 0 bridgehead atoms. The van der Waals surface area contributed by atoms with Crippen LogP contribution in [0.4, 0.5) is 11.4 Å². The summed E-state index contributed by atoms with van der Waals surface area (Å²) in [7, 11) is 0. The predicted octanol–water partition coefficient (Wildman–Crippen LogP) is 2.73. The normalized spacial score (nSPS) is 15.9. The lowest BCUT2D eigenvalue weighted by Gasteiger charge is -2.18. The Morgan fingerprint density at radius 2 is 1.79 bits per heavy atom. The van der Waals surface area contributed by atoms with Crippen LogP contribution in [0.25, 0.3) is 0 Å². The van der Waals surface area contributed by atoms with Crippen LogP contribution in [-0.4, -0.2) is 36.7 Å². The summed E-state index contributed by atoms with van der Waals surface area (Å²) in [5, 5.41) is 2.60. The molecule has 1 saturated heterocycles. The maximum Gasteiger partial charge on any atom is 0.311 e. The SMILES string of the molecule is CC(=O)c1ccc(NC(=O)COC(=O)[C@@H]2CC(=O)N(c3ccccc3C)C2)cc1. The Kier molecular flexibility index (Phi) is 6.07. The van der Waals surface area contributed by atoms with Crippen molar-refractivity contribution in [3.8, 4) is 0 Å². The third-order valence-corrected chi connectivity index (χ3v) is 4.79. The summed E-state index contributed by atoms with van der Waals surface area (Å²) < 4.78 is 5.10. The molecule has 0 aromatic heterocycles. The van der Waals surface area contributed by atoms with Gasteiger partial charge in [-0.2, -0.15) is 0 Å². The van der Waals surface area contributed by atoms with Crippen LogP contribution in [0.15, 0.2) is 48.5 Å². The van der Waals surface area contributed by atoms with Crippen molar-refractivity contribution in [1.29, 1.82) is 0 Å². The number of esters is 1. The minimum Gasteiger partial charge on any atom is -0.455 e. The third-order valence-electron chi connectivity index (χ3n) is 4.79. The number of benzene rings is 2. The van der Waals surface area contributed by atoms with Crippen LogP contribution in [0, 0.1) is 12.8 Å². The van der Waals surface area contributed by atoms with Gasteiger partial charge in [0.15, 0.2) is 12.4 Å². The summed E-state index contributed by atoms with van der Waals surface area (Å²) in [6, 6.07) is 13.9. The number of ketones is 1. The van der Waals surface area contributed by atoms with E-state index in [4.69, 9.17) is 4.74 Å². The number of aryl methyl sites for hydroxylation is 1. The number of Topliss-reactive ketones (excluding diaryl/α,β-unsaturated/α-hetero) is 1. The van der Waals surface area contributed by atoms with Crippen LogP contribution >= 0.6 is 0 Å². The first-order valence-electron chi connectivity index (χ1n) is 9.28. The maximum absolute atomic E-state index is 12.3. The monoisotopic (exact) mass is 394 g/mol. The van der Waals surface area contributed by atoms with Gasteiger partial charge in [-0.1, -0.05) is 18.2 Å². The number of para-hydroxylation sites is 1. The maximum atomic E-state index is 12.3. The van der Waals surface area contributed by atoms with Gasteiger partial charge in [0, 0.05) is 29.9 Å². The fraction of sp³-hybridized carbons (Fsp3) is 0.273. The fourth-order valence-electron chi connectivity index (χ4n) is 3.20. The summed E-state index contributed by atoms with van der Waals surface area (Å²) in [5.74, 6) is -1.88. The lowest BCUT2D eigenvalue weighted by molar-refractivity contribution is -0.151. The van der Waals surface area contributed by atoms with E-state index in [1.165, 1.54) is 6.92 Å². The number of hydrogen-bond donors (Lipinski definition) is 1. The Hall–Kier alpha value is -3.48. The largest absolute Gasteiger partial charge is 0.455 e. The van der Waals surface area contributed by atoms with E-state index in [-0.39, 0.29) is 24.7 Å². The molecule has 0 radical (unpaired) electrons. The number of carbonyl (C=O) groups is 4. The van der Waals surface area contributed by atoms with Gasteiger partial charge >= 0.3 is 5.97 Å². The number of nitrogens with one attached hydrogen (secondary N) is 1. The highest BCUT2D eigenvalue weighted by atomic mass is 16.5. The molecule has 1 aliphatic heterocycles. The number of ether oxygens (including phenoxy) is 1. The lowest BCUT2D eigenvalue weighted by atomic mass is 10.1. The molecule has 0 unspecified atom stereocenters. The van der Waals surface area contributed by atoms with Crippen LogP contribution in [0.2, 0.25) is 0 Å². The third kappa shape index (κ3) is 4.87. The van der Waals surface area contributed by atoms with Gasteiger partial charge in [0.25, 0.3) is 5.91 Å². The van der Waals surface area contributed by atoms with Crippen molar-refractivity contribution in [3.05, 3.63) is 59.7 Å². The van der Waals surface area contributed by atoms with E-state index in [1.807, 2.05) is 31.2 Å². The summed E-state index contributed by atoms with van der Waals surface area (Å²) in [4.78, 5) is 49.5. The predicted molar refractivity (Wildman–Crippen MR) is 108 cm³/mol. The molecule has 2 aromatic carbocycles. The molecule has 2 amide bonds. The number of amides is 2. The standard InChI is InChI=1S/C22H22N2O5/c1-14-5-3-4-6-19(14)24-12-17(11-21(24)27)22(28)29-13-20(26)23-18-9-7-16(8-10-18)15(2)25/h3-10,17H,11-13H2,1-2H3,(H,23,26)/t17-/m1/s1. The van der Waals surface area contributed by atoms with Gasteiger partial charge in [-0.25, -0.2) is 0 Å². The Balaban J connectivity index is 1.51. The second-order valence-corrected chi connectivity index (χ2v) is 6.98. The first-order chi connectivity index (χ1) is 13.8. The van der Waals surface area contributed by atoms with Gasteiger partial charge < -0.3 is 15.0 Å². The molecule has 1 atom stereocenters. The molecular weight excluding hydrogens is 372 g/mol. The van der Waals surface area contributed by atoms with Gasteiger partial charge in [0.05, 0.1) is 5.92 Å². The number of hydrogen-bond acceptors (Lipinski definition) is 5. The highest BCUT2D eigenvalue weighted by molar-refractivity contribution is 6.00. The Labute approximate surface area is 168 Å². The van der Waals surface area contributed by atoms with E-state index < -0.39 is 24.4 Å². The molecule has 1 fully saturated rings. The molecule has 0 saturated carbocycles. The van der Waals surface area contributed by atoms with Gasteiger partial charge in [-0.05, 0) is 49.7 Å². The van der Waals surface area contributed by atoms with E-state index in [2.05, 4.69) is 5.32 Å². The number of nitrogens with zero attached hydrogens (tertiary/aromatic N) is 1. The summed E-state index contributed by atoms with van der Waals surface area (Å²) >= 11 is 0. The molecule has 150 valence electrons. The second-order valence-electron chi connectivity index (χ2n) is 6.98. The number of rotatable bonds is 6. The van der Waals surface area contributed by atoms with Crippen molar-refractivity contribution >= 4 is 34.9 Å². The highest BCUT2D eigenvalue weighted by Crippen LogP contribution is 2.28. The number of anilines is 2. The van der Waals surface area contributed by atoms with Crippen LogP contribution in [-0.2, 0) is 19.1 Å². The van der Waals surface area contributed by atoms with Crippen molar-refractivity contribution in [3.63, 3.8) is 0 Å². The topological polar surface area (TPSA) is 92.8 Å². The van der Waals surface area contributed by atoms with Crippen LogP contribution in [0.1, 0.15) is 29.3 Å². The molecule has 1 aliphatic rings. The minimum absolute atomic E-state index is 0.0568. The minimum atomic E-state index is -0.607.